The van der Waals surface area contributed by atoms with Gasteiger partial charge in [0.1, 0.15) is 18.2 Å². The molecule has 0 spiro atoms. The maximum Gasteiger partial charge on any atom is 0.335 e. The van der Waals surface area contributed by atoms with Gasteiger partial charge in [-0.1, -0.05) is 39.3 Å². The number of carbonyl (C=O) groups is 1. The van der Waals surface area contributed by atoms with Gasteiger partial charge in [0, 0.05) is 46.0 Å². The molecule has 38 heavy (non-hydrogen) atoms. The second-order valence-corrected chi connectivity index (χ2v) is 9.58. The van der Waals surface area contributed by atoms with Crippen LogP contribution < -0.4 is 9.64 Å². The number of nitriles is 1. The number of aromatic carboxylic acids is 1. The van der Waals surface area contributed by atoms with Crippen LogP contribution in [0, 0.1) is 18.3 Å². The summed E-state index contributed by atoms with van der Waals surface area (Å²) in [5.41, 5.74) is 4.83. The molecule has 1 aliphatic rings. The van der Waals surface area contributed by atoms with E-state index in [4.69, 9.17) is 14.0 Å². The summed E-state index contributed by atoms with van der Waals surface area (Å²) in [7, 11) is 0. The van der Waals surface area contributed by atoms with E-state index in [1.54, 1.807) is 25.1 Å². The predicted molar refractivity (Wildman–Crippen MR) is 143 cm³/mol. The van der Waals surface area contributed by atoms with E-state index >= 15 is 0 Å². The van der Waals surface area contributed by atoms with Crippen LogP contribution in [-0.2, 0) is 11.3 Å². The van der Waals surface area contributed by atoms with Crippen molar-refractivity contribution in [1.29, 1.82) is 5.26 Å². The fourth-order valence-corrected chi connectivity index (χ4v) is 4.67. The van der Waals surface area contributed by atoms with Crippen molar-refractivity contribution in [1.82, 2.24) is 10.1 Å². The third-order valence-electron chi connectivity index (χ3n) is 6.20. The monoisotopic (exact) mass is 574 g/mol. The number of aryl methyl sites for hydroxylation is 1. The third-order valence-corrected chi connectivity index (χ3v) is 6.93. The van der Waals surface area contributed by atoms with Crippen LogP contribution in [0.4, 0.5) is 5.69 Å². The Kier molecular flexibility index (Phi) is 7.40. The van der Waals surface area contributed by atoms with Gasteiger partial charge in [-0.25, -0.2) is 9.78 Å². The summed E-state index contributed by atoms with van der Waals surface area (Å²) in [5.74, 6) is -0.448. The van der Waals surface area contributed by atoms with E-state index < -0.39 is 5.97 Å². The average molecular weight is 575 g/mol. The van der Waals surface area contributed by atoms with Gasteiger partial charge in [0.2, 0.25) is 5.88 Å². The Balaban J connectivity index is 1.51. The SMILES string of the molecule is Cc1cc(-c2cc(-c3ccc(N4CCOCC4)cc3)nc(OCc3ccc(C(=O)O)cc3Br)c2C#N)on1. The first kappa shape index (κ1) is 25.4. The predicted octanol–water partition coefficient (Wildman–Crippen LogP) is 5.46. The minimum atomic E-state index is -1.02. The van der Waals surface area contributed by atoms with Crippen LogP contribution in [0.1, 0.15) is 27.2 Å². The molecule has 0 amide bonds. The van der Waals surface area contributed by atoms with Gasteiger partial charge in [0.25, 0.3) is 0 Å². The second-order valence-electron chi connectivity index (χ2n) is 8.73. The molecule has 9 nitrogen and oxygen atoms in total. The van der Waals surface area contributed by atoms with Crippen LogP contribution in [0.25, 0.3) is 22.6 Å². The van der Waals surface area contributed by atoms with E-state index in [1.165, 1.54) is 12.1 Å². The summed E-state index contributed by atoms with van der Waals surface area (Å²) in [4.78, 5) is 18.2. The standard InChI is InChI=1S/C28H23BrN4O5/c1-17-12-26(38-32-17)22-14-25(18-4-6-21(7-5-18)33-8-10-36-11-9-33)31-27(23(22)15-30)37-16-20-3-2-19(28(34)35)13-24(20)29/h2-7,12-14H,8-11,16H2,1H3,(H,34,35). The lowest BCUT2D eigenvalue weighted by Crippen LogP contribution is -2.36. The Labute approximate surface area is 227 Å². The average Bonchev–Trinajstić information content (AvgIpc) is 3.38. The lowest BCUT2D eigenvalue weighted by molar-refractivity contribution is 0.0696. The summed E-state index contributed by atoms with van der Waals surface area (Å²) in [6, 6.07) is 18.5. The van der Waals surface area contributed by atoms with E-state index in [0.717, 1.165) is 24.3 Å². The molecule has 1 fully saturated rings. The molecular formula is C28H23BrN4O5. The number of hydrogen-bond donors (Lipinski definition) is 1. The maximum absolute atomic E-state index is 11.3. The Morgan fingerprint density at radius 3 is 2.55 bits per heavy atom. The zero-order valence-corrected chi connectivity index (χ0v) is 22.1. The van der Waals surface area contributed by atoms with Crippen molar-refractivity contribution in [2.45, 2.75) is 13.5 Å². The van der Waals surface area contributed by atoms with Crippen molar-refractivity contribution in [2.75, 3.05) is 31.2 Å². The summed E-state index contributed by atoms with van der Waals surface area (Å²) in [5, 5.41) is 23.2. The Bertz CT molecular complexity index is 1520. The lowest BCUT2D eigenvalue weighted by Gasteiger charge is -2.28. The quantitative estimate of drug-likeness (QED) is 0.306. The number of carboxylic acids is 1. The highest BCUT2D eigenvalue weighted by atomic mass is 79.9. The molecule has 1 aliphatic heterocycles. The van der Waals surface area contributed by atoms with Crippen LogP contribution in [0.5, 0.6) is 5.88 Å². The molecular weight excluding hydrogens is 552 g/mol. The zero-order valence-electron chi connectivity index (χ0n) is 20.5. The minimum absolute atomic E-state index is 0.0659. The van der Waals surface area contributed by atoms with Gasteiger partial charge >= 0.3 is 5.97 Å². The fourth-order valence-electron chi connectivity index (χ4n) is 4.17. The molecule has 1 saturated heterocycles. The van der Waals surface area contributed by atoms with Crippen molar-refractivity contribution < 1.29 is 23.9 Å². The van der Waals surface area contributed by atoms with Crippen LogP contribution >= 0.6 is 15.9 Å². The second kappa shape index (κ2) is 11.0. The zero-order chi connectivity index (χ0) is 26.6. The van der Waals surface area contributed by atoms with Crippen molar-refractivity contribution in [2.24, 2.45) is 0 Å². The van der Waals surface area contributed by atoms with Gasteiger partial charge in [-0.05, 0) is 37.3 Å². The highest BCUT2D eigenvalue weighted by Gasteiger charge is 2.20. The number of benzene rings is 2. The smallest absolute Gasteiger partial charge is 0.335 e. The first-order chi connectivity index (χ1) is 18.4. The highest BCUT2D eigenvalue weighted by Crippen LogP contribution is 2.35. The van der Waals surface area contributed by atoms with E-state index in [1.807, 2.05) is 24.3 Å². The number of halogens is 1. The number of morpholine rings is 1. The van der Waals surface area contributed by atoms with Crippen molar-refractivity contribution >= 4 is 27.6 Å². The van der Waals surface area contributed by atoms with Crippen LogP contribution in [0.15, 0.2) is 63.6 Å². The molecule has 2 aromatic carbocycles. The van der Waals surface area contributed by atoms with E-state index in [0.29, 0.717) is 46.0 Å². The van der Waals surface area contributed by atoms with Gasteiger partial charge in [0.05, 0.1) is 30.2 Å². The van der Waals surface area contributed by atoms with E-state index in [9.17, 15) is 15.2 Å². The number of hydrogen-bond acceptors (Lipinski definition) is 8. The van der Waals surface area contributed by atoms with Crippen LogP contribution in [0.3, 0.4) is 0 Å². The maximum atomic E-state index is 11.3. The molecule has 1 N–H and O–H groups in total. The number of rotatable bonds is 7. The van der Waals surface area contributed by atoms with Crippen molar-refractivity contribution in [3.8, 4) is 34.5 Å². The van der Waals surface area contributed by atoms with Gasteiger partial charge in [0.15, 0.2) is 5.76 Å². The number of aromatic nitrogens is 2. The number of nitrogens with zero attached hydrogens (tertiary/aromatic N) is 4. The molecule has 3 heterocycles. The summed E-state index contributed by atoms with van der Waals surface area (Å²) < 4.78 is 17.6. The lowest BCUT2D eigenvalue weighted by atomic mass is 10.0. The Morgan fingerprint density at radius 1 is 1.16 bits per heavy atom. The van der Waals surface area contributed by atoms with Gasteiger partial charge in [-0.2, -0.15) is 5.26 Å². The van der Waals surface area contributed by atoms with Gasteiger partial charge < -0.3 is 24.0 Å². The summed E-state index contributed by atoms with van der Waals surface area (Å²) in [6.07, 6.45) is 0. The highest BCUT2D eigenvalue weighted by molar-refractivity contribution is 9.10. The molecule has 0 bridgehead atoms. The first-order valence-electron chi connectivity index (χ1n) is 11.9. The molecule has 0 unspecified atom stereocenters. The molecule has 10 heteroatoms. The normalized spacial score (nSPS) is 13.2. The first-order valence-corrected chi connectivity index (χ1v) is 12.7. The number of anilines is 1. The number of ether oxygens (including phenoxy) is 2. The summed E-state index contributed by atoms with van der Waals surface area (Å²) in [6.45, 7) is 4.95. The largest absolute Gasteiger partial charge is 0.478 e. The number of pyridine rings is 1. The molecule has 4 aromatic rings. The van der Waals surface area contributed by atoms with Crippen LogP contribution in [0.2, 0.25) is 0 Å². The molecule has 5 rings (SSSR count). The molecule has 0 radical (unpaired) electrons. The van der Waals surface area contributed by atoms with Gasteiger partial charge in [-0.3, -0.25) is 0 Å². The Hall–Kier alpha value is -4.20. The molecule has 0 aliphatic carbocycles. The van der Waals surface area contributed by atoms with Crippen molar-refractivity contribution in [3.05, 3.63) is 81.5 Å². The van der Waals surface area contributed by atoms with Gasteiger partial charge in [-0.15, -0.1) is 0 Å². The van der Waals surface area contributed by atoms with E-state index in [2.05, 4.69) is 37.0 Å². The van der Waals surface area contributed by atoms with Crippen molar-refractivity contribution in [3.63, 3.8) is 0 Å². The third kappa shape index (κ3) is 5.39. The molecule has 2 aromatic heterocycles. The van der Waals surface area contributed by atoms with Crippen LogP contribution in [-0.4, -0.2) is 47.5 Å². The van der Waals surface area contributed by atoms with E-state index in [-0.39, 0.29) is 23.6 Å². The molecule has 0 saturated carbocycles. The number of carboxylic acid groups (broad SMARTS) is 1. The minimum Gasteiger partial charge on any atom is -0.478 e. The summed E-state index contributed by atoms with van der Waals surface area (Å²) >= 11 is 3.41. The molecule has 192 valence electrons. The molecule has 0 atom stereocenters. The topological polar surface area (TPSA) is 122 Å². The fraction of sp³-hybridized carbons (Fsp3) is 0.214. The Morgan fingerprint density at radius 2 is 1.92 bits per heavy atom.